The van der Waals surface area contributed by atoms with Gasteiger partial charge in [-0.15, -0.1) is 0 Å². The Morgan fingerprint density at radius 1 is 1.46 bits per heavy atom. The Hall–Kier alpha value is -1.16. The van der Waals surface area contributed by atoms with Crippen molar-refractivity contribution in [3.8, 4) is 5.75 Å². The van der Waals surface area contributed by atoms with Crippen LogP contribution < -0.4 is 10.5 Å². The number of ether oxygens (including phenoxy) is 1. The first kappa shape index (κ1) is 9.92. The molecule has 0 unspecified atom stereocenters. The lowest BCUT2D eigenvalue weighted by Gasteiger charge is -2.08. The fourth-order valence-electron chi connectivity index (χ4n) is 1.09. The van der Waals surface area contributed by atoms with Gasteiger partial charge < -0.3 is 10.5 Å². The number of hydrogen-bond acceptors (Lipinski definition) is 2. The Morgan fingerprint density at radius 3 is 2.62 bits per heavy atom. The molecule has 0 spiro atoms. The van der Waals surface area contributed by atoms with Gasteiger partial charge in [-0.3, -0.25) is 0 Å². The van der Waals surface area contributed by atoms with Gasteiger partial charge in [-0.25, -0.2) is 8.78 Å². The fourth-order valence-corrected chi connectivity index (χ4v) is 1.09. The van der Waals surface area contributed by atoms with Crippen molar-refractivity contribution in [1.82, 2.24) is 0 Å². The van der Waals surface area contributed by atoms with E-state index in [0.717, 1.165) is 0 Å². The third-order valence-electron chi connectivity index (χ3n) is 1.78. The van der Waals surface area contributed by atoms with Gasteiger partial charge in [-0.1, -0.05) is 0 Å². The van der Waals surface area contributed by atoms with Crippen LogP contribution in [-0.4, -0.2) is 7.11 Å². The van der Waals surface area contributed by atoms with Gasteiger partial charge in [0.1, 0.15) is 5.75 Å². The number of nitrogens with two attached hydrogens (primary N) is 1. The van der Waals surface area contributed by atoms with Crippen LogP contribution in [0.15, 0.2) is 18.2 Å². The van der Waals surface area contributed by atoms with Crippen LogP contribution in [0.4, 0.5) is 8.78 Å². The summed E-state index contributed by atoms with van der Waals surface area (Å²) in [5.41, 5.74) is 5.94. The number of methoxy groups -OCH3 is 1. The van der Waals surface area contributed by atoms with Crippen molar-refractivity contribution >= 4 is 0 Å². The van der Waals surface area contributed by atoms with Gasteiger partial charge in [-0.05, 0) is 18.2 Å². The second kappa shape index (κ2) is 4.18. The molecule has 0 atom stereocenters. The highest BCUT2D eigenvalue weighted by atomic mass is 19.3. The molecule has 0 saturated carbocycles. The first-order chi connectivity index (χ1) is 6.19. The van der Waals surface area contributed by atoms with Crippen molar-refractivity contribution in [1.29, 1.82) is 0 Å². The van der Waals surface area contributed by atoms with Crippen LogP contribution in [0.5, 0.6) is 5.75 Å². The van der Waals surface area contributed by atoms with Gasteiger partial charge in [0, 0.05) is 17.7 Å². The summed E-state index contributed by atoms with van der Waals surface area (Å²) in [5.74, 6) is 0.548. The summed E-state index contributed by atoms with van der Waals surface area (Å²) in [6.07, 6.45) is -2.46. The SMILES string of the molecule is COc1ccc(C(F)F)cc1CN. The van der Waals surface area contributed by atoms with Crippen molar-refractivity contribution in [2.24, 2.45) is 5.73 Å². The fraction of sp³-hybridized carbons (Fsp3) is 0.333. The second-order valence-electron chi connectivity index (χ2n) is 2.58. The summed E-state index contributed by atoms with van der Waals surface area (Å²) in [6.45, 7) is 0.198. The zero-order valence-electron chi connectivity index (χ0n) is 7.26. The van der Waals surface area contributed by atoms with Crippen LogP contribution >= 0.6 is 0 Å². The minimum Gasteiger partial charge on any atom is -0.496 e. The van der Waals surface area contributed by atoms with Crippen LogP contribution in [-0.2, 0) is 6.54 Å². The maximum absolute atomic E-state index is 12.2. The summed E-state index contributed by atoms with van der Waals surface area (Å²) in [5, 5.41) is 0. The van der Waals surface area contributed by atoms with Crippen LogP contribution in [0.2, 0.25) is 0 Å². The maximum Gasteiger partial charge on any atom is 0.263 e. The molecule has 1 aromatic carbocycles. The molecule has 0 fully saturated rings. The summed E-state index contributed by atoms with van der Waals surface area (Å²) in [7, 11) is 1.48. The Balaban J connectivity index is 3.05. The molecular weight excluding hydrogens is 176 g/mol. The highest BCUT2D eigenvalue weighted by Crippen LogP contribution is 2.25. The largest absolute Gasteiger partial charge is 0.496 e. The lowest BCUT2D eigenvalue weighted by molar-refractivity contribution is 0.151. The molecule has 0 aromatic heterocycles. The monoisotopic (exact) mass is 187 g/mol. The van der Waals surface area contributed by atoms with Gasteiger partial charge in [0.2, 0.25) is 0 Å². The van der Waals surface area contributed by atoms with Crippen molar-refractivity contribution in [3.63, 3.8) is 0 Å². The van der Waals surface area contributed by atoms with Gasteiger partial charge in [0.25, 0.3) is 6.43 Å². The summed E-state index contributed by atoms with van der Waals surface area (Å²) >= 11 is 0. The molecule has 0 amide bonds. The molecule has 0 aliphatic carbocycles. The van der Waals surface area contributed by atoms with Crippen molar-refractivity contribution in [2.45, 2.75) is 13.0 Å². The number of rotatable bonds is 3. The van der Waals surface area contributed by atoms with Crippen LogP contribution in [0, 0.1) is 0 Å². The third kappa shape index (κ3) is 2.15. The normalized spacial score (nSPS) is 10.5. The van der Waals surface area contributed by atoms with Crippen LogP contribution in [0.25, 0.3) is 0 Å². The molecule has 1 rings (SSSR count). The van der Waals surface area contributed by atoms with E-state index in [2.05, 4.69) is 0 Å². The Kier molecular flexibility index (Phi) is 3.19. The minimum absolute atomic E-state index is 0.0266. The van der Waals surface area contributed by atoms with E-state index in [1.807, 2.05) is 0 Å². The van der Waals surface area contributed by atoms with Gasteiger partial charge in [-0.2, -0.15) is 0 Å². The third-order valence-corrected chi connectivity index (χ3v) is 1.78. The molecule has 0 aliphatic heterocycles. The predicted octanol–water partition coefficient (Wildman–Crippen LogP) is 2.09. The smallest absolute Gasteiger partial charge is 0.263 e. The molecule has 0 radical (unpaired) electrons. The van der Waals surface area contributed by atoms with Crippen LogP contribution in [0.1, 0.15) is 17.6 Å². The van der Waals surface area contributed by atoms with Crippen molar-refractivity contribution < 1.29 is 13.5 Å². The molecule has 72 valence electrons. The number of benzene rings is 1. The number of hydrogen-bond donors (Lipinski definition) is 1. The molecular formula is C9H11F2NO. The van der Waals surface area contributed by atoms with Gasteiger partial charge in [0.15, 0.2) is 0 Å². The van der Waals surface area contributed by atoms with Crippen molar-refractivity contribution in [3.05, 3.63) is 29.3 Å². The van der Waals surface area contributed by atoms with E-state index in [1.54, 1.807) is 0 Å². The molecule has 4 heteroatoms. The molecule has 0 heterocycles. The summed E-state index contributed by atoms with van der Waals surface area (Å²) in [4.78, 5) is 0. The van der Waals surface area contributed by atoms with Gasteiger partial charge >= 0.3 is 0 Å². The summed E-state index contributed by atoms with van der Waals surface area (Å²) < 4.78 is 29.4. The topological polar surface area (TPSA) is 35.2 Å². The molecule has 0 saturated heterocycles. The Morgan fingerprint density at radius 2 is 2.15 bits per heavy atom. The van der Waals surface area contributed by atoms with E-state index in [1.165, 1.54) is 25.3 Å². The first-order valence-electron chi connectivity index (χ1n) is 3.84. The first-order valence-corrected chi connectivity index (χ1v) is 3.84. The Labute approximate surface area is 75.3 Å². The number of halogens is 2. The zero-order valence-corrected chi connectivity index (χ0v) is 7.26. The molecule has 1 aromatic rings. The van der Waals surface area contributed by atoms with E-state index in [0.29, 0.717) is 11.3 Å². The minimum atomic E-state index is -2.46. The highest BCUT2D eigenvalue weighted by Gasteiger charge is 2.09. The van der Waals surface area contributed by atoms with E-state index in [-0.39, 0.29) is 12.1 Å². The van der Waals surface area contributed by atoms with Gasteiger partial charge in [0.05, 0.1) is 7.11 Å². The summed E-state index contributed by atoms with van der Waals surface area (Å²) in [6, 6.07) is 4.20. The average molecular weight is 187 g/mol. The Bertz CT molecular complexity index is 289. The van der Waals surface area contributed by atoms with E-state index < -0.39 is 6.43 Å². The molecule has 13 heavy (non-hydrogen) atoms. The average Bonchev–Trinajstić information content (AvgIpc) is 2.16. The quantitative estimate of drug-likeness (QED) is 0.786. The lowest BCUT2D eigenvalue weighted by Crippen LogP contribution is -2.01. The molecule has 0 aliphatic rings. The zero-order chi connectivity index (χ0) is 9.84. The van der Waals surface area contributed by atoms with E-state index in [9.17, 15) is 8.78 Å². The second-order valence-corrected chi connectivity index (χ2v) is 2.58. The molecule has 0 bridgehead atoms. The molecule has 2 N–H and O–H groups in total. The molecule has 2 nitrogen and oxygen atoms in total. The number of alkyl halides is 2. The maximum atomic E-state index is 12.2. The lowest BCUT2D eigenvalue weighted by atomic mass is 10.1. The predicted molar refractivity (Wildman–Crippen MR) is 45.8 cm³/mol. The van der Waals surface area contributed by atoms with Crippen LogP contribution in [0.3, 0.4) is 0 Å². The standard InChI is InChI=1S/C9H11F2NO/c1-13-8-3-2-6(9(10)11)4-7(8)5-12/h2-4,9H,5,12H2,1H3. The van der Waals surface area contributed by atoms with E-state index >= 15 is 0 Å². The van der Waals surface area contributed by atoms with E-state index in [4.69, 9.17) is 10.5 Å². The van der Waals surface area contributed by atoms with Crippen molar-refractivity contribution in [2.75, 3.05) is 7.11 Å². The highest BCUT2D eigenvalue weighted by molar-refractivity contribution is 5.37.